The monoisotopic (exact) mass is 372 g/mol. The molecule has 120 valence electrons. The summed E-state index contributed by atoms with van der Waals surface area (Å²) in [4.78, 5) is 35.4. The highest BCUT2D eigenvalue weighted by atomic mass is 79.9. The number of amides is 2. The highest BCUT2D eigenvalue weighted by Gasteiger charge is 2.10. The third kappa shape index (κ3) is 7.07. The third-order valence-corrected chi connectivity index (χ3v) is 2.95. The molecule has 0 aliphatic rings. The van der Waals surface area contributed by atoms with Gasteiger partial charge in [0.05, 0.1) is 6.54 Å². The molecule has 0 fully saturated rings. The lowest BCUT2D eigenvalue weighted by atomic mass is 10.3. The quantitative estimate of drug-likeness (QED) is 0.707. The van der Waals surface area contributed by atoms with E-state index in [0.717, 1.165) is 4.47 Å². The van der Waals surface area contributed by atoms with Crippen LogP contribution in [-0.2, 0) is 19.1 Å². The predicted molar refractivity (Wildman–Crippen MR) is 82.3 cm³/mol. The Hall–Kier alpha value is -2.09. The second-order valence-corrected chi connectivity index (χ2v) is 5.39. The summed E-state index contributed by atoms with van der Waals surface area (Å²) in [5, 5.41) is 2.35. The summed E-state index contributed by atoms with van der Waals surface area (Å²) in [7, 11) is 3.15. The summed E-state index contributed by atoms with van der Waals surface area (Å²) in [6.45, 7) is -0.903. The van der Waals surface area contributed by atoms with Gasteiger partial charge in [0, 0.05) is 18.6 Å². The minimum absolute atomic E-state index is 0.141. The van der Waals surface area contributed by atoms with E-state index in [1.165, 1.54) is 4.90 Å². The van der Waals surface area contributed by atoms with E-state index in [1.807, 2.05) is 6.07 Å². The first-order valence-corrected chi connectivity index (χ1v) is 7.18. The van der Waals surface area contributed by atoms with Crippen molar-refractivity contribution >= 4 is 33.7 Å². The van der Waals surface area contributed by atoms with Crippen LogP contribution in [0.25, 0.3) is 0 Å². The fourth-order valence-corrected chi connectivity index (χ4v) is 1.65. The van der Waals surface area contributed by atoms with Gasteiger partial charge < -0.3 is 19.7 Å². The molecule has 8 heteroatoms. The molecule has 22 heavy (non-hydrogen) atoms. The van der Waals surface area contributed by atoms with Gasteiger partial charge in [0.2, 0.25) is 5.91 Å². The minimum atomic E-state index is -0.672. The Morgan fingerprint density at radius 3 is 2.59 bits per heavy atom. The van der Waals surface area contributed by atoms with E-state index in [2.05, 4.69) is 21.2 Å². The van der Waals surface area contributed by atoms with Crippen LogP contribution in [0.3, 0.4) is 0 Å². The number of hydrogen-bond acceptors (Lipinski definition) is 5. The lowest BCUT2D eigenvalue weighted by Gasteiger charge is -2.11. The number of rotatable bonds is 7. The van der Waals surface area contributed by atoms with Crippen molar-refractivity contribution in [3.63, 3.8) is 0 Å². The first-order valence-electron chi connectivity index (χ1n) is 6.39. The van der Waals surface area contributed by atoms with Crippen LogP contribution in [-0.4, -0.2) is 56.5 Å². The number of ether oxygens (including phenoxy) is 2. The summed E-state index contributed by atoms with van der Waals surface area (Å²) >= 11 is 3.28. The van der Waals surface area contributed by atoms with Gasteiger partial charge in [0.15, 0.2) is 13.2 Å². The molecule has 0 aliphatic heterocycles. The number of halogens is 1. The fraction of sp³-hybridized carbons (Fsp3) is 0.357. The smallest absolute Gasteiger partial charge is 0.344 e. The zero-order chi connectivity index (χ0) is 16.5. The van der Waals surface area contributed by atoms with Gasteiger partial charge in [-0.3, -0.25) is 9.59 Å². The first kappa shape index (κ1) is 18.0. The normalized spacial score (nSPS) is 9.77. The van der Waals surface area contributed by atoms with Crippen LogP contribution in [0.1, 0.15) is 0 Å². The summed E-state index contributed by atoms with van der Waals surface area (Å²) < 4.78 is 10.8. The van der Waals surface area contributed by atoms with Crippen molar-refractivity contribution in [3.05, 3.63) is 28.7 Å². The van der Waals surface area contributed by atoms with Gasteiger partial charge >= 0.3 is 5.97 Å². The van der Waals surface area contributed by atoms with Crippen molar-refractivity contribution in [2.24, 2.45) is 0 Å². The molecule has 0 saturated heterocycles. The van der Waals surface area contributed by atoms with Crippen molar-refractivity contribution in [2.45, 2.75) is 0 Å². The van der Waals surface area contributed by atoms with Crippen LogP contribution >= 0.6 is 15.9 Å². The van der Waals surface area contributed by atoms with Gasteiger partial charge in [0.1, 0.15) is 5.75 Å². The molecule has 0 saturated carbocycles. The highest BCUT2D eigenvalue weighted by molar-refractivity contribution is 9.10. The Morgan fingerprint density at radius 1 is 1.23 bits per heavy atom. The zero-order valence-corrected chi connectivity index (χ0v) is 13.9. The fourth-order valence-electron chi connectivity index (χ4n) is 1.27. The zero-order valence-electron chi connectivity index (χ0n) is 12.3. The maximum absolute atomic E-state index is 11.4. The average Bonchev–Trinajstić information content (AvgIpc) is 2.48. The summed E-state index contributed by atoms with van der Waals surface area (Å²) in [5.74, 6) is -0.968. The van der Waals surface area contributed by atoms with Gasteiger partial charge in [0.25, 0.3) is 5.91 Å². The largest absolute Gasteiger partial charge is 0.482 e. The SMILES string of the molecule is CN(C)C(=O)CNC(=O)COC(=O)COc1cccc(Br)c1. The molecule has 0 atom stereocenters. The Balaban J connectivity index is 2.22. The van der Waals surface area contributed by atoms with E-state index in [9.17, 15) is 14.4 Å². The van der Waals surface area contributed by atoms with Crippen LogP contribution in [0.15, 0.2) is 28.7 Å². The molecule has 1 rings (SSSR count). The van der Waals surface area contributed by atoms with Crippen molar-refractivity contribution in [2.75, 3.05) is 33.9 Å². The lowest BCUT2D eigenvalue weighted by Crippen LogP contribution is -2.38. The molecule has 1 aromatic carbocycles. The maximum atomic E-state index is 11.4. The van der Waals surface area contributed by atoms with Crippen LogP contribution in [0, 0.1) is 0 Å². The maximum Gasteiger partial charge on any atom is 0.344 e. The van der Waals surface area contributed by atoms with Crippen LogP contribution in [0.4, 0.5) is 0 Å². The molecule has 0 radical (unpaired) electrons. The van der Waals surface area contributed by atoms with Crippen LogP contribution in [0.2, 0.25) is 0 Å². The van der Waals surface area contributed by atoms with Crippen molar-refractivity contribution in [1.29, 1.82) is 0 Å². The van der Waals surface area contributed by atoms with Crippen molar-refractivity contribution < 1.29 is 23.9 Å². The Morgan fingerprint density at radius 2 is 1.95 bits per heavy atom. The molecule has 1 aromatic rings. The number of carbonyl (C=O) groups excluding carboxylic acids is 3. The predicted octanol–water partition coefficient (Wildman–Crippen LogP) is 0.576. The van der Waals surface area contributed by atoms with E-state index in [0.29, 0.717) is 5.75 Å². The molecule has 1 N–H and O–H groups in total. The van der Waals surface area contributed by atoms with Gasteiger partial charge in [-0.05, 0) is 18.2 Å². The molecular weight excluding hydrogens is 356 g/mol. The second-order valence-electron chi connectivity index (χ2n) is 4.47. The van der Waals surface area contributed by atoms with Crippen LogP contribution < -0.4 is 10.1 Å². The molecule has 0 aromatic heterocycles. The number of benzene rings is 1. The van der Waals surface area contributed by atoms with E-state index < -0.39 is 18.5 Å². The average molecular weight is 373 g/mol. The molecular formula is C14H17BrN2O5. The van der Waals surface area contributed by atoms with Gasteiger partial charge in [-0.2, -0.15) is 0 Å². The van der Waals surface area contributed by atoms with E-state index in [4.69, 9.17) is 9.47 Å². The van der Waals surface area contributed by atoms with Crippen LogP contribution in [0.5, 0.6) is 5.75 Å². The molecule has 2 amide bonds. The number of nitrogens with one attached hydrogen (secondary N) is 1. The standard InChI is InChI=1S/C14H17BrN2O5/c1-17(2)13(19)7-16-12(18)8-22-14(20)9-21-11-5-3-4-10(15)6-11/h3-6H,7-9H2,1-2H3,(H,16,18). The van der Waals surface area contributed by atoms with Gasteiger partial charge in [-0.15, -0.1) is 0 Å². The van der Waals surface area contributed by atoms with Crippen molar-refractivity contribution in [1.82, 2.24) is 10.2 Å². The second kappa shape index (κ2) is 9.04. The third-order valence-electron chi connectivity index (χ3n) is 2.45. The highest BCUT2D eigenvalue weighted by Crippen LogP contribution is 2.17. The van der Waals surface area contributed by atoms with Gasteiger partial charge in [-0.1, -0.05) is 22.0 Å². The topological polar surface area (TPSA) is 84.9 Å². The summed E-state index contributed by atoms with van der Waals surface area (Å²) in [6.07, 6.45) is 0. The van der Waals surface area contributed by atoms with Crippen molar-refractivity contribution in [3.8, 4) is 5.75 Å². The number of hydrogen-bond donors (Lipinski definition) is 1. The molecule has 0 unspecified atom stereocenters. The number of nitrogens with zero attached hydrogens (tertiary/aromatic N) is 1. The first-order chi connectivity index (χ1) is 10.4. The minimum Gasteiger partial charge on any atom is -0.482 e. The Bertz CT molecular complexity index is 548. The lowest BCUT2D eigenvalue weighted by molar-refractivity contribution is -0.150. The molecule has 0 aliphatic carbocycles. The molecule has 7 nitrogen and oxygen atoms in total. The molecule has 0 heterocycles. The van der Waals surface area contributed by atoms with E-state index >= 15 is 0 Å². The summed E-state index contributed by atoms with van der Waals surface area (Å²) in [6, 6.07) is 6.98. The number of likely N-dealkylation sites (N-methyl/N-ethyl adjacent to an activating group) is 1. The Labute approximate surface area is 136 Å². The number of esters is 1. The van der Waals surface area contributed by atoms with E-state index in [-0.39, 0.29) is 19.1 Å². The van der Waals surface area contributed by atoms with E-state index in [1.54, 1.807) is 32.3 Å². The summed E-state index contributed by atoms with van der Waals surface area (Å²) in [5.41, 5.74) is 0. The molecule has 0 spiro atoms. The Kier molecular flexibility index (Phi) is 7.38. The number of carbonyl (C=O) groups is 3. The van der Waals surface area contributed by atoms with Gasteiger partial charge in [-0.25, -0.2) is 4.79 Å². The molecule has 0 bridgehead atoms.